The Morgan fingerprint density at radius 1 is 1.22 bits per heavy atom. The van der Waals surface area contributed by atoms with E-state index in [0.717, 1.165) is 11.6 Å². The van der Waals surface area contributed by atoms with E-state index < -0.39 is 0 Å². The molecule has 0 bridgehead atoms. The summed E-state index contributed by atoms with van der Waals surface area (Å²) < 4.78 is 7.09. The van der Waals surface area contributed by atoms with Crippen molar-refractivity contribution < 1.29 is 4.42 Å². The molecule has 0 saturated carbocycles. The van der Waals surface area contributed by atoms with Crippen LogP contribution in [0.3, 0.4) is 0 Å². The molecule has 0 aromatic carbocycles. The van der Waals surface area contributed by atoms with Gasteiger partial charge in [0.05, 0.1) is 6.26 Å². The van der Waals surface area contributed by atoms with E-state index in [1.807, 2.05) is 30.3 Å². The van der Waals surface area contributed by atoms with Crippen LogP contribution in [0.2, 0.25) is 0 Å². The van der Waals surface area contributed by atoms with Gasteiger partial charge < -0.3 is 9.73 Å². The summed E-state index contributed by atoms with van der Waals surface area (Å²) in [4.78, 5) is 8.17. The number of nitrogens with one attached hydrogen (secondary N) is 1. The number of nitrogens with zero attached hydrogens (tertiary/aromatic N) is 4. The fraction of sp³-hybridized carbons (Fsp3) is 0.0833. The summed E-state index contributed by atoms with van der Waals surface area (Å²) in [6, 6.07) is 9.37. The molecule has 6 heteroatoms. The van der Waals surface area contributed by atoms with Crippen molar-refractivity contribution in [2.45, 2.75) is 6.17 Å². The van der Waals surface area contributed by atoms with Gasteiger partial charge in [-0.1, -0.05) is 6.07 Å². The van der Waals surface area contributed by atoms with Gasteiger partial charge in [0, 0.05) is 6.20 Å². The molecule has 90 valence electrons. The number of rotatable bonds is 4. The average molecular weight is 241 g/mol. The fourth-order valence-electron chi connectivity index (χ4n) is 1.65. The number of furan rings is 1. The topological polar surface area (TPSA) is 68.8 Å². The first-order valence-corrected chi connectivity index (χ1v) is 5.48. The molecule has 0 aliphatic rings. The lowest BCUT2D eigenvalue weighted by molar-refractivity contribution is 0.430. The summed E-state index contributed by atoms with van der Waals surface area (Å²) in [5, 5.41) is 7.36. The molecule has 1 N–H and O–H groups in total. The lowest BCUT2D eigenvalue weighted by Crippen LogP contribution is -2.20. The number of aromatic nitrogens is 4. The molecule has 3 aromatic rings. The van der Waals surface area contributed by atoms with Crippen LogP contribution < -0.4 is 5.32 Å². The molecule has 0 spiro atoms. The van der Waals surface area contributed by atoms with Gasteiger partial charge in [0.25, 0.3) is 0 Å². The predicted molar refractivity (Wildman–Crippen MR) is 64.7 cm³/mol. The van der Waals surface area contributed by atoms with Crippen molar-refractivity contribution in [1.29, 1.82) is 0 Å². The van der Waals surface area contributed by atoms with Gasteiger partial charge in [0.15, 0.2) is 6.17 Å². The molecule has 0 radical (unpaired) electrons. The molecule has 0 amide bonds. The monoisotopic (exact) mass is 241 g/mol. The minimum atomic E-state index is -0.266. The molecule has 3 heterocycles. The Bertz CT molecular complexity index is 542. The third-order valence-corrected chi connectivity index (χ3v) is 2.46. The van der Waals surface area contributed by atoms with Gasteiger partial charge in [0.1, 0.15) is 24.2 Å². The highest BCUT2D eigenvalue weighted by Gasteiger charge is 2.17. The molecule has 0 aliphatic heterocycles. The van der Waals surface area contributed by atoms with Gasteiger partial charge in [-0.3, -0.25) is 0 Å². The zero-order valence-electron chi connectivity index (χ0n) is 9.47. The normalized spacial score (nSPS) is 12.2. The standard InChI is InChI=1S/C12H11N5O/c1-2-6-14-11(5-1)16-12(10-4-3-7-18-10)17-9-13-8-15-17/h1-9,12H,(H,14,16). The van der Waals surface area contributed by atoms with Crippen LogP contribution in [0.4, 0.5) is 5.82 Å². The highest BCUT2D eigenvalue weighted by molar-refractivity contribution is 5.35. The maximum absolute atomic E-state index is 5.41. The Labute approximate surface area is 103 Å². The molecule has 0 saturated heterocycles. The molecule has 18 heavy (non-hydrogen) atoms. The van der Waals surface area contributed by atoms with Crippen molar-refractivity contribution in [2.75, 3.05) is 5.32 Å². The second-order valence-electron chi connectivity index (χ2n) is 3.65. The van der Waals surface area contributed by atoms with Crippen molar-refractivity contribution in [2.24, 2.45) is 0 Å². The highest BCUT2D eigenvalue weighted by atomic mass is 16.3. The summed E-state index contributed by atoms with van der Waals surface area (Å²) in [5.41, 5.74) is 0. The molecular formula is C12H11N5O. The molecule has 1 atom stereocenters. The van der Waals surface area contributed by atoms with Gasteiger partial charge >= 0.3 is 0 Å². The molecule has 1 unspecified atom stereocenters. The van der Waals surface area contributed by atoms with Crippen LogP contribution in [0, 0.1) is 0 Å². The van der Waals surface area contributed by atoms with Crippen molar-refractivity contribution >= 4 is 5.82 Å². The van der Waals surface area contributed by atoms with Crippen LogP contribution in [0.1, 0.15) is 11.9 Å². The van der Waals surface area contributed by atoms with E-state index in [1.165, 1.54) is 6.33 Å². The SMILES string of the molecule is c1ccc(NC(c2ccco2)n2cncn2)nc1. The van der Waals surface area contributed by atoms with E-state index in [-0.39, 0.29) is 6.17 Å². The Kier molecular flexibility index (Phi) is 2.75. The van der Waals surface area contributed by atoms with E-state index in [9.17, 15) is 0 Å². The van der Waals surface area contributed by atoms with Gasteiger partial charge in [-0.25, -0.2) is 14.6 Å². The summed E-state index contributed by atoms with van der Waals surface area (Å²) in [7, 11) is 0. The van der Waals surface area contributed by atoms with Gasteiger partial charge in [-0.15, -0.1) is 0 Å². The lowest BCUT2D eigenvalue weighted by atomic mass is 10.3. The van der Waals surface area contributed by atoms with Crippen LogP contribution in [0.25, 0.3) is 0 Å². The van der Waals surface area contributed by atoms with Gasteiger partial charge in [-0.2, -0.15) is 5.10 Å². The van der Waals surface area contributed by atoms with Crippen LogP contribution in [-0.4, -0.2) is 19.7 Å². The van der Waals surface area contributed by atoms with Crippen molar-refractivity contribution in [3.63, 3.8) is 0 Å². The van der Waals surface area contributed by atoms with Crippen molar-refractivity contribution in [3.05, 3.63) is 61.2 Å². The van der Waals surface area contributed by atoms with E-state index >= 15 is 0 Å². The Hall–Kier alpha value is -2.63. The minimum Gasteiger partial charge on any atom is -0.465 e. The van der Waals surface area contributed by atoms with Crippen LogP contribution in [0.5, 0.6) is 0 Å². The lowest BCUT2D eigenvalue weighted by Gasteiger charge is -2.16. The van der Waals surface area contributed by atoms with E-state index in [1.54, 1.807) is 23.5 Å². The second-order valence-corrected chi connectivity index (χ2v) is 3.65. The van der Waals surface area contributed by atoms with Crippen LogP contribution in [-0.2, 0) is 0 Å². The van der Waals surface area contributed by atoms with Gasteiger partial charge in [0.2, 0.25) is 0 Å². The summed E-state index contributed by atoms with van der Waals surface area (Å²) in [6.45, 7) is 0. The Morgan fingerprint density at radius 3 is 2.89 bits per heavy atom. The van der Waals surface area contributed by atoms with Crippen molar-refractivity contribution in [1.82, 2.24) is 19.7 Å². The predicted octanol–water partition coefficient (Wildman–Crippen LogP) is 1.93. The zero-order valence-corrected chi connectivity index (χ0v) is 9.47. The number of pyridine rings is 1. The molecular weight excluding hydrogens is 230 g/mol. The first kappa shape index (κ1) is 10.5. The quantitative estimate of drug-likeness (QED) is 0.755. The maximum Gasteiger partial charge on any atom is 0.182 e. The molecule has 0 aliphatic carbocycles. The Morgan fingerprint density at radius 2 is 2.22 bits per heavy atom. The van der Waals surface area contributed by atoms with Gasteiger partial charge in [-0.05, 0) is 24.3 Å². The van der Waals surface area contributed by atoms with E-state index in [2.05, 4.69) is 20.4 Å². The second kappa shape index (κ2) is 4.70. The number of anilines is 1. The fourth-order valence-corrected chi connectivity index (χ4v) is 1.65. The number of hydrogen-bond acceptors (Lipinski definition) is 5. The molecule has 3 rings (SSSR count). The first-order chi connectivity index (χ1) is 8.93. The summed E-state index contributed by atoms with van der Waals surface area (Å²) in [6.07, 6.45) is 6.19. The summed E-state index contributed by atoms with van der Waals surface area (Å²) >= 11 is 0. The smallest absolute Gasteiger partial charge is 0.182 e. The first-order valence-electron chi connectivity index (χ1n) is 5.48. The van der Waals surface area contributed by atoms with E-state index in [0.29, 0.717) is 0 Å². The Balaban J connectivity index is 1.92. The summed E-state index contributed by atoms with van der Waals surface area (Å²) in [5.74, 6) is 1.49. The molecule has 6 nitrogen and oxygen atoms in total. The van der Waals surface area contributed by atoms with E-state index in [4.69, 9.17) is 4.42 Å². The average Bonchev–Trinajstić information content (AvgIpc) is 3.11. The van der Waals surface area contributed by atoms with Crippen molar-refractivity contribution in [3.8, 4) is 0 Å². The van der Waals surface area contributed by atoms with Crippen LogP contribution >= 0.6 is 0 Å². The van der Waals surface area contributed by atoms with Crippen LogP contribution in [0.15, 0.2) is 59.9 Å². The third-order valence-electron chi connectivity index (χ3n) is 2.46. The zero-order chi connectivity index (χ0) is 12.2. The maximum atomic E-state index is 5.41. The largest absolute Gasteiger partial charge is 0.465 e. The third kappa shape index (κ3) is 2.08. The molecule has 3 aromatic heterocycles. The molecule has 0 fully saturated rings. The minimum absolute atomic E-state index is 0.266. The highest BCUT2D eigenvalue weighted by Crippen LogP contribution is 2.19. The number of hydrogen-bond donors (Lipinski definition) is 1.